The van der Waals surface area contributed by atoms with Gasteiger partial charge in [-0.15, -0.1) is 6.42 Å². The minimum Gasteiger partial charge on any atom is -0.479 e. The highest BCUT2D eigenvalue weighted by atomic mass is 19.1. The summed E-state index contributed by atoms with van der Waals surface area (Å²) in [5.41, 5.74) is 0.703. The molecule has 0 saturated heterocycles. The van der Waals surface area contributed by atoms with Gasteiger partial charge < -0.3 is 14.2 Å². The molecule has 5 nitrogen and oxygen atoms in total. The molecule has 0 aliphatic carbocycles. The summed E-state index contributed by atoms with van der Waals surface area (Å²) in [4.78, 5) is 15.5. The van der Waals surface area contributed by atoms with Crippen LogP contribution in [0.25, 0.3) is 0 Å². The number of aryl methyl sites for hydroxylation is 1. The Labute approximate surface area is 139 Å². The van der Waals surface area contributed by atoms with Crippen molar-refractivity contribution in [1.29, 1.82) is 0 Å². The summed E-state index contributed by atoms with van der Waals surface area (Å²) < 4.78 is 29.3. The highest BCUT2D eigenvalue weighted by molar-refractivity contribution is 5.74. The molecule has 0 saturated carbocycles. The van der Waals surface area contributed by atoms with E-state index in [1.165, 1.54) is 12.3 Å². The Bertz CT molecular complexity index is 753. The molecule has 0 spiro atoms. The third kappa shape index (κ3) is 4.71. The van der Waals surface area contributed by atoms with E-state index in [0.717, 1.165) is 0 Å². The first-order valence-corrected chi connectivity index (χ1v) is 7.16. The predicted octanol–water partition coefficient (Wildman–Crippen LogP) is 3.27. The van der Waals surface area contributed by atoms with Gasteiger partial charge in [-0.3, -0.25) is 0 Å². The second kappa shape index (κ2) is 7.97. The van der Waals surface area contributed by atoms with E-state index in [1.807, 2.05) is 0 Å². The predicted molar refractivity (Wildman–Crippen MR) is 85.3 cm³/mol. The van der Waals surface area contributed by atoms with Crippen LogP contribution in [0.2, 0.25) is 0 Å². The molecule has 6 heteroatoms. The van der Waals surface area contributed by atoms with Gasteiger partial charge in [0.05, 0.1) is 0 Å². The normalized spacial score (nSPS) is 11.2. The van der Waals surface area contributed by atoms with Crippen LogP contribution in [0.5, 0.6) is 17.4 Å². The number of hydrogen-bond acceptors (Lipinski definition) is 5. The van der Waals surface area contributed by atoms with Crippen LogP contribution in [-0.2, 0) is 9.53 Å². The van der Waals surface area contributed by atoms with Crippen molar-refractivity contribution in [2.75, 3.05) is 6.61 Å². The first-order chi connectivity index (χ1) is 11.5. The fourth-order valence-electron chi connectivity index (χ4n) is 1.78. The number of esters is 1. The smallest absolute Gasteiger partial charge is 0.347 e. The monoisotopic (exact) mass is 329 g/mol. The maximum atomic E-state index is 13.7. The maximum absolute atomic E-state index is 13.7. The third-order valence-electron chi connectivity index (χ3n) is 2.92. The zero-order chi connectivity index (χ0) is 17.5. The fourth-order valence-corrected chi connectivity index (χ4v) is 1.78. The second-order valence-corrected chi connectivity index (χ2v) is 4.95. The second-order valence-electron chi connectivity index (χ2n) is 4.95. The third-order valence-corrected chi connectivity index (χ3v) is 2.92. The molecule has 1 unspecified atom stereocenters. The van der Waals surface area contributed by atoms with Gasteiger partial charge in [0.1, 0.15) is 11.5 Å². The van der Waals surface area contributed by atoms with Gasteiger partial charge in [-0.1, -0.05) is 5.92 Å². The molecule has 124 valence electrons. The zero-order valence-corrected chi connectivity index (χ0v) is 13.3. The van der Waals surface area contributed by atoms with Gasteiger partial charge in [-0.05, 0) is 49.7 Å². The van der Waals surface area contributed by atoms with Crippen LogP contribution in [0, 0.1) is 25.1 Å². The van der Waals surface area contributed by atoms with Crippen molar-refractivity contribution in [2.24, 2.45) is 0 Å². The van der Waals surface area contributed by atoms with Crippen molar-refractivity contribution in [3.8, 4) is 29.7 Å². The summed E-state index contributed by atoms with van der Waals surface area (Å²) in [5, 5.41) is 0. The summed E-state index contributed by atoms with van der Waals surface area (Å²) in [6.45, 7) is 3.19. The van der Waals surface area contributed by atoms with Crippen LogP contribution in [0.1, 0.15) is 12.5 Å². The molecule has 0 aliphatic rings. The molecule has 1 aromatic heterocycles. The van der Waals surface area contributed by atoms with E-state index < -0.39 is 17.9 Å². The first kappa shape index (κ1) is 17.3. The summed E-state index contributed by atoms with van der Waals surface area (Å²) in [6.07, 6.45) is 5.72. The summed E-state index contributed by atoms with van der Waals surface area (Å²) in [6, 6.07) is 7.67. The molecule has 0 amide bonds. The quantitative estimate of drug-likeness (QED) is 0.601. The van der Waals surface area contributed by atoms with Crippen molar-refractivity contribution < 1.29 is 23.4 Å². The Hall–Kier alpha value is -3.07. The first-order valence-electron chi connectivity index (χ1n) is 7.16. The molecule has 2 aromatic rings. The number of ether oxygens (including phenoxy) is 3. The molecule has 1 aromatic carbocycles. The van der Waals surface area contributed by atoms with Crippen LogP contribution in [-0.4, -0.2) is 23.7 Å². The van der Waals surface area contributed by atoms with Crippen molar-refractivity contribution >= 4 is 5.97 Å². The van der Waals surface area contributed by atoms with E-state index >= 15 is 0 Å². The number of rotatable bonds is 6. The number of carbonyl (C=O) groups excluding carboxylic acids is 1. The molecular formula is C18H16FNO4. The number of terminal acetylenes is 1. The Morgan fingerprint density at radius 3 is 2.62 bits per heavy atom. The molecule has 0 radical (unpaired) electrons. The lowest BCUT2D eigenvalue weighted by atomic mass is 10.3. The number of halogens is 1. The minimum absolute atomic E-state index is 0.103. The minimum atomic E-state index is -0.804. The van der Waals surface area contributed by atoms with Crippen LogP contribution in [0.3, 0.4) is 0 Å². The standard InChI is InChI=1S/C18H16FNO4/c1-4-9-22-18(21)13(3)23-14-5-7-15(8-6-14)24-17-16(19)10-12(2)11-20-17/h1,5-8,10-11,13H,9H2,2-3H3. The van der Waals surface area contributed by atoms with E-state index in [1.54, 1.807) is 38.1 Å². The number of aromatic nitrogens is 1. The number of benzene rings is 1. The number of hydrogen-bond donors (Lipinski definition) is 0. The lowest BCUT2D eigenvalue weighted by Gasteiger charge is -2.13. The average Bonchev–Trinajstić information content (AvgIpc) is 2.56. The molecule has 0 N–H and O–H groups in total. The molecule has 0 bridgehead atoms. The van der Waals surface area contributed by atoms with Crippen LogP contribution < -0.4 is 9.47 Å². The van der Waals surface area contributed by atoms with E-state index in [4.69, 9.17) is 20.6 Å². The van der Waals surface area contributed by atoms with Gasteiger partial charge in [0.15, 0.2) is 18.5 Å². The average molecular weight is 329 g/mol. The maximum Gasteiger partial charge on any atom is 0.347 e. The van der Waals surface area contributed by atoms with Crippen LogP contribution in [0.15, 0.2) is 36.5 Å². The van der Waals surface area contributed by atoms with E-state index in [-0.39, 0.29) is 12.5 Å². The molecule has 24 heavy (non-hydrogen) atoms. The van der Waals surface area contributed by atoms with Crippen LogP contribution in [0.4, 0.5) is 4.39 Å². The Morgan fingerprint density at radius 2 is 2.00 bits per heavy atom. The van der Waals surface area contributed by atoms with Crippen molar-refractivity contribution in [3.05, 3.63) is 47.9 Å². The van der Waals surface area contributed by atoms with Gasteiger partial charge in [0.25, 0.3) is 5.88 Å². The Kier molecular flexibility index (Phi) is 5.74. The van der Waals surface area contributed by atoms with Gasteiger partial charge in [0, 0.05) is 6.20 Å². The molecular weight excluding hydrogens is 313 g/mol. The molecule has 2 rings (SSSR count). The van der Waals surface area contributed by atoms with E-state index in [0.29, 0.717) is 17.1 Å². The van der Waals surface area contributed by atoms with E-state index in [9.17, 15) is 9.18 Å². The summed E-state index contributed by atoms with van der Waals surface area (Å²) in [7, 11) is 0. The number of nitrogens with zero attached hydrogens (tertiary/aromatic N) is 1. The lowest BCUT2D eigenvalue weighted by Crippen LogP contribution is -2.26. The molecule has 0 aliphatic heterocycles. The number of pyridine rings is 1. The Morgan fingerprint density at radius 1 is 1.33 bits per heavy atom. The lowest BCUT2D eigenvalue weighted by molar-refractivity contribution is -0.149. The van der Waals surface area contributed by atoms with Crippen molar-refractivity contribution in [1.82, 2.24) is 4.98 Å². The number of carbonyl (C=O) groups is 1. The summed E-state index contributed by atoms with van der Waals surface area (Å²) >= 11 is 0. The van der Waals surface area contributed by atoms with Crippen molar-refractivity contribution in [2.45, 2.75) is 20.0 Å². The highest BCUT2D eigenvalue weighted by Gasteiger charge is 2.16. The summed E-state index contributed by atoms with van der Waals surface area (Å²) in [5.74, 6) is 1.82. The SMILES string of the molecule is C#CCOC(=O)C(C)Oc1ccc(Oc2ncc(C)cc2F)cc1. The topological polar surface area (TPSA) is 57.7 Å². The van der Waals surface area contributed by atoms with Gasteiger partial charge >= 0.3 is 5.97 Å². The van der Waals surface area contributed by atoms with Gasteiger partial charge in [0.2, 0.25) is 0 Å². The molecule has 0 fully saturated rings. The molecule has 1 heterocycles. The fraction of sp³-hybridized carbons (Fsp3) is 0.222. The van der Waals surface area contributed by atoms with Gasteiger partial charge in [-0.2, -0.15) is 0 Å². The highest BCUT2D eigenvalue weighted by Crippen LogP contribution is 2.25. The zero-order valence-electron chi connectivity index (χ0n) is 13.3. The van der Waals surface area contributed by atoms with E-state index in [2.05, 4.69) is 10.9 Å². The largest absolute Gasteiger partial charge is 0.479 e. The van der Waals surface area contributed by atoms with Crippen molar-refractivity contribution in [3.63, 3.8) is 0 Å². The Balaban J connectivity index is 1.98. The van der Waals surface area contributed by atoms with Gasteiger partial charge in [-0.25, -0.2) is 14.2 Å². The molecule has 1 atom stereocenters. The van der Waals surface area contributed by atoms with Crippen LogP contribution >= 0.6 is 0 Å².